The number of hydrogen-bond acceptors (Lipinski definition) is 6. The van der Waals surface area contributed by atoms with E-state index < -0.39 is 17.4 Å². The van der Waals surface area contributed by atoms with Crippen LogP contribution in [0.3, 0.4) is 0 Å². The van der Waals surface area contributed by atoms with Crippen LogP contribution in [0, 0.1) is 0 Å². The Bertz CT molecular complexity index is 1470. The predicted molar refractivity (Wildman–Crippen MR) is 147 cm³/mol. The average molecular weight is 563 g/mol. The van der Waals surface area contributed by atoms with Gasteiger partial charge >= 0.3 is 11.9 Å². The van der Waals surface area contributed by atoms with Crippen molar-refractivity contribution in [3.8, 4) is 10.4 Å². The molecule has 2 unspecified atom stereocenters. The Kier molecular flexibility index (Phi) is 7.10. The van der Waals surface area contributed by atoms with Crippen LogP contribution in [0.4, 0.5) is 19.0 Å². The molecule has 2 aromatic heterocycles. The summed E-state index contributed by atoms with van der Waals surface area (Å²) in [4.78, 5) is 34.7. The van der Waals surface area contributed by atoms with Gasteiger partial charge in [0.25, 0.3) is 0 Å². The van der Waals surface area contributed by atoms with Gasteiger partial charge in [-0.15, -0.1) is 23.1 Å². The smallest absolute Gasteiger partial charge is 0.352 e. The Hall–Kier alpha value is -2.79. The Morgan fingerprint density at radius 3 is 2.55 bits per heavy atom. The van der Waals surface area contributed by atoms with Crippen LogP contribution in [-0.2, 0) is 23.9 Å². The molecular formula is C27H29F3N4O2S2. The van der Waals surface area contributed by atoms with E-state index in [1.165, 1.54) is 39.8 Å². The maximum absolute atomic E-state index is 14.7. The van der Waals surface area contributed by atoms with Crippen LogP contribution in [0.5, 0.6) is 0 Å². The van der Waals surface area contributed by atoms with E-state index in [1.54, 1.807) is 4.90 Å². The van der Waals surface area contributed by atoms with Gasteiger partial charge in [0.2, 0.25) is 5.91 Å². The van der Waals surface area contributed by atoms with Crippen molar-refractivity contribution in [3.63, 3.8) is 0 Å². The molecule has 3 aromatic rings. The topological polar surface area (TPSA) is 58.4 Å². The van der Waals surface area contributed by atoms with Crippen LogP contribution in [0.2, 0.25) is 0 Å². The molecule has 0 saturated carbocycles. The molecule has 1 saturated heterocycles. The molecule has 202 valence electrons. The van der Waals surface area contributed by atoms with Crippen LogP contribution in [0.25, 0.3) is 21.3 Å². The van der Waals surface area contributed by atoms with Crippen LogP contribution in [-0.4, -0.2) is 51.3 Å². The zero-order valence-electron chi connectivity index (χ0n) is 21.5. The molecule has 1 amide bonds. The Morgan fingerprint density at radius 1 is 1.24 bits per heavy atom. The third-order valence-corrected chi connectivity index (χ3v) is 9.41. The van der Waals surface area contributed by atoms with Crippen molar-refractivity contribution in [1.29, 1.82) is 0 Å². The van der Waals surface area contributed by atoms with E-state index in [1.807, 2.05) is 37.1 Å². The number of rotatable bonds is 4. The van der Waals surface area contributed by atoms with Gasteiger partial charge in [-0.1, -0.05) is 13.5 Å². The number of nitrogens with zero attached hydrogens (tertiary/aromatic N) is 4. The van der Waals surface area contributed by atoms with E-state index in [-0.39, 0.29) is 29.4 Å². The van der Waals surface area contributed by atoms with Crippen molar-refractivity contribution in [2.45, 2.75) is 63.3 Å². The second-order valence-electron chi connectivity index (χ2n) is 9.82. The highest BCUT2D eigenvalue weighted by atomic mass is 32.2. The summed E-state index contributed by atoms with van der Waals surface area (Å²) in [6, 6.07) is 2.52. The first-order valence-corrected chi connectivity index (χ1v) is 14.5. The number of benzene rings is 1. The lowest BCUT2D eigenvalue weighted by molar-refractivity contribution is -0.137. The number of piperazine rings is 1. The van der Waals surface area contributed by atoms with Gasteiger partial charge in [-0.25, -0.2) is 4.79 Å². The molecule has 0 radical (unpaired) electrons. The van der Waals surface area contributed by atoms with Crippen molar-refractivity contribution in [3.05, 3.63) is 51.8 Å². The number of aryl methyl sites for hydroxylation is 2. The fraction of sp³-hybridized carbons (Fsp3) is 0.444. The minimum atomic E-state index is -4.60. The van der Waals surface area contributed by atoms with E-state index in [0.717, 1.165) is 12.0 Å². The van der Waals surface area contributed by atoms with E-state index in [4.69, 9.17) is 0 Å². The van der Waals surface area contributed by atoms with Crippen molar-refractivity contribution in [2.75, 3.05) is 23.7 Å². The van der Waals surface area contributed by atoms with Gasteiger partial charge in [-0.3, -0.25) is 9.36 Å². The molecule has 6 nitrogen and oxygen atoms in total. The molecule has 38 heavy (non-hydrogen) atoms. The fourth-order valence-electron chi connectivity index (χ4n) is 5.57. The fourth-order valence-corrected chi connectivity index (χ4v) is 7.90. The lowest BCUT2D eigenvalue weighted by Crippen LogP contribution is -2.58. The average Bonchev–Trinajstić information content (AvgIpc) is 3.23. The number of carbonyl (C=O) groups is 1. The van der Waals surface area contributed by atoms with Crippen LogP contribution >= 0.6 is 23.1 Å². The van der Waals surface area contributed by atoms with Crippen molar-refractivity contribution < 1.29 is 18.0 Å². The summed E-state index contributed by atoms with van der Waals surface area (Å²) < 4.78 is 45.6. The third kappa shape index (κ3) is 4.53. The first-order chi connectivity index (χ1) is 18.0. The van der Waals surface area contributed by atoms with E-state index in [2.05, 4.69) is 11.6 Å². The second kappa shape index (κ2) is 10.1. The molecule has 5 rings (SSSR count). The highest BCUT2D eigenvalue weighted by Crippen LogP contribution is 2.49. The Labute approximate surface area is 227 Å². The molecule has 2 aliphatic heterocycles. The second-order valence-corrected chi connectivity index (χ2v) is 11.8. The number of thiophene rings is 1. The zero-order chi connectivity index (χ0) is 27.4. The molecule has 1 aromatic carbocycles. The molecule has 11 heteroatoms. The number of carbonyl (C=O) groups excluding carboxylic acids is 1. The first kappa shape index (κ1) is 26.8. The van der Waals surface area contributed by atoms with Gasteiger partial charge in [0.05, 0.1) is 11.1 Å². The summed E-state index contributed by atoms with van der Waals surface area (Å²) >= 11 is 2.68. The lowest BCUT2D eigenvalue weighted by Gasteiger charge is -2.44. The Morgan fingerprint density at radius 2 is 1.95 bits per heavy atom. The monoisotopic (exact) mass is 562 g/mol. The molecule has 2 aliphatic rings. The van der Waals surface area contributed by atoms with Crippen LogP contribution in [0.15, 0.2) is 39.9 Å². The number of thioether (sulfide) groups is 1. The van der Waals surface area contributed by atoms with Gasteiger partial charge in [0.15, 0.2) is 0 Å². The van der Waals surface area contributed by atoms with Crippen LogP contribution in [0.1, 0.15) is 38.3 Å². The summed E-state index contributed by atoms with van der Waals surface area (Å²) in [7, 11) is 0. The van der Waals surface area contributed by atoms with E-state index in [0.29, 0.717) is 52.5 Å². The summed E-state index contributed by atoms with van der Waals surface area (Å²) in [5.41, 5.74) is 0.463. The number of halogens is 3. The number of anilines is 1. The number of alkyl halides is 3. The number of aromatic nitrogens is 2. The molecule has 0 spiro atoms. The zero-order valence-corrected chi connectivity index (χ0v) is 23.1. The van der Waals surface area contributed by atoms with Gasteiger partial charge in [0, 0.05) is 52.4 Å². The van der Waals surface area contributed by atoms with Gasteiger partial charge < -0.3 is 9.80 Å². The Balaban J connectivity index is 1.79. The summed E-state index contributed by atoms with van der Waals surface area (Å²) in [5, 5.41) is 2.21. The summed E-state index contributed by atoms with van der Waals surface area (Å²) in [6.45, 7) is 10.4. The molecule has 0 bridgehead atoms. The van der Waals surface area contributed by atoms with Gasteiger partial charge in [0.1, 0.15) is 5.82 Å². The van der Waals surface area contributed by atoms with E-state index >= 15 is 0 Å². The first-order valence-electron chi connectivity index (χ1n) is 12.6. The van der Waals surface area contributed by atoms with E-state index in [9.17, 15) is 22.8 Å². The minimum absolute atomic E-state index is 0.148. The SMILES string of the molecule is C=CC(=O)N1C(C)CN(c2nc(=O)n3c4c(c(-c5cc(CC)cs5)c(C(F)(F)F)cc24)SCCC3)CC1C. The maximum atomic E-state index is 14.7. The molecule has 0 N–H and O–H groups in total. The van der Waals surface area contributed by atoms with Crippen molar-refractivity contribution >= 4 is 45.7 Å². The lowest BCUT2D eigenvalue weighted by atomic mass is 10.00. The molecule has 4 heterocycles. The standard InChI is InChI=1S/C27H29F3N4O2S2/c1-5-17-10-20(38-14-17)22-19(27(28,29)30)11-18-23-24(22)37-9-7-8-33(23)26(36)31-25(18)32-12-15(3)34(16(4)13-32)21(35)6-2/h6,10-11,14-16H,2,5,7-9,12-13H2,1,3-4H3. The minimum Gasteiger partial charge on any atom is -0.352 e. The maximum Gasteiger partial charge on any atom is 0.417 e. The van der Waals surface area contributed by atoms with Crippen LogP contribution < -0.4 is 10.6 Å². The summed E-state index contributed by atoms with van der Waals surface area (Å²) in [5.74, 6) is 0.642. The quantitative estimate of drug-likeness (QED) is 0.376. The highest BCUT2D eigenvalue weighted by molar-refractivity contribution is 7.99. The number of hydrogen-bond donors (Lipinski definition) is 0. The molecule has 1 fully saturated rings. The highest BCUT2D eigenvalue weighted by Gasteiger charge is 2.39. The number of amides is 1. The third-order valence-electron chi connectivity index (χ3n) is 7.23. The molecule has 0 aliphatic carbocycles. The molecular weight excluding hydrogens is 533 g/mol. The summed E-state index contributed by atoms with van der Waals surface area (Å²) in [6.07, 6.45) is -1.96. The predicted octanol–water partition coefficient (Wildman–Crippen LogP) is 5.81. The van der Waals surface area contributed by atoms with Gasteiger partial charge in [-0.05, 0) is 61.6 Å². The van der Waals surface area contributed by atoms with Gasteiger partial charge in [-0.2, -0.15) is 18.2 Å². The largest absolute Gasteiger partial charge is 0.417 e. The normalized spacial score (nSPS) is 20.1. The van der Waals surface area contributed by atoms with Crippen molar-refractivity contribution in [2.24, 2.45) is 0 Å². The molecule has 2 atom stereocenters. The van der Waals surface area contributed by atoms with Crippen molar-refractivity contribution in [1.82, 2.24) is 14.5 Å².